The van der Waals surface area contributed by atoms with E-state index < -0.39 is 16.0 Å². The van der Waals surface area contributed by atoms with Gasteiger partial charge in [-0.3, -0.25) is 9.52 Å². The van der Waals surface area contributed by atoms with E-state index in [1.165, 1.54) is 37.4 Å². The van der Waals surface area contributed by atoms with E-state index in [1.54, 1.807) is 32.1 Å². The predicted octanol–water partition coefficient (Wildman–Crippen LogP) is 4.15. The maximum Gasteiger partial charge on any atom is 0.337 e. The van der Waals surface area contributed by atoms with E-state index in [9.17, 15) is 18.0 Å². The lowest BCUT2D eigenvalue weighted by atomic mass is 10.2. The first-order valence-corrected chi connectivity index (χ1v) is 11.8. The van der Waals surface area contributed by atoms with E-state index in [1.807, 2.05) is 0 Å². The third-order valence-electron chi connectivity index (χ3n) is 4.30. The number of benzene rings is 1. The zero-order chi connectivity index (χ0) is 23.3. The largest absolute Gasteiger partial charge is 0.465 e. The van der Waals surface area contributed by atoms with E-state index in [2.05, 4.69) is 19.9 Å². The smallest absolute Gasteiger partial charge is 0.337 e. The molecule has 0 aliphatic rings. The van der Waals surface area contributed by atoms with Gasteiger partial charge in [0.05, 0.1) is 12.7 Å². The number of nitrogens with zero attached hydrogens (tertiary/aromatic N) is 1. The fourth-order valence-electron chi connectivity index (χ4n) is 2.60. The molecule has 3 aromatic rings. The number of esters is 1. The number of carbonyl (C=O) groups excluding carboxylic acids is 2. The van der Waals surface area contributed by atoms with Crippen LogP contribution in [0.15, 0.2) is 45.1 Å². The van der Waals surface area contributed by atoms with E-state index in [4.69, 9.17) is 4.52 Å². The Bertz CT molecular complexity index is 1260. The van der Waals surface area contributed by atoms with E-state index in [0.717, 1.165) is 11.3 Å². The fourth-order valence-corrected chi connectivity index (χ4v) is 4.89. The molecule has 0 saturated carbocycles. The molecule has 0 atom stereocenters. The normalized spacial score (nSPS) is 11.5. The van der Waals surface area contributed by atoms with Gasteiger partial charge < -0.3 is 14.6 Å². The Morgan fingerprint density at radius 2 is 1.88 bits per heavy atom. The summed E-state index contributed by atoms with van der Waals surface area (Å²) >= 11 is 1.06. The minimum atomic E-state index is -3.81. The van der Waals surface area contributed by atoms with Crippen molar-refractivity contribution in [3.63, 3.8) is 0 Å². The van der Waals surface area contributed by atoms with E-state index >= 15 is 0 Å². The van der Waals surface area contributed by atoms with E-state index in [0.29, 0.717) is 39.7 Å². The molecule has 32 heavy (non-hydrogen) atoms. The number of rotatable bonds is 8. The monoisotopic (exact) mass is 475 g/mol. The summed E-state index contributed by atoms with van der Waals surface area (Å²) in [6, 6.07) is 9.05. The van der Waals surface area contributed by atoms with Crippen molar-refractivity contribution in [2.24, 2.45) is 0 Å². The molecule has 0 radical (unpaired) electrons. The number of carbonyl (C=O) groups is 2. The molecule has 1 amide bonds. The maximum atomic E-state index is 12.7. The number of methoxy groups -OCH3 is 1. The topological polar surface area (TPSA) is 128 Å². The van der Waals surface area contributed by atoms with Crippen LogP contribution in [-0.4, -0.2) is 32.6 Å². The lowest BCUT2D eigenvalue weighted by molar-refractivity contribution is -0.115. The molecule has 0 unspecified atom stereocenters. The maximum absolute atomic E-state index is 12.7. The number of nitrogens with one attached hydrogen (secondary N) is 2. The van der Waals surface area contributed by atoms with Crippen molar-refractivity contribution < 1.29 is 27.3 Å². The second-order valence-electron chi connectivity index (χ2n) is 6.57. The molecular formula is C21H21N3O6S2. The lowest BCUT2D eigenvalue weighted by Crippen LogP contribution is -2.11. The van der Waals surface area contributed by atoms with Gasteiger partial charge in [-0.15, -0.1) is 11.3 Å². The van der Waals surface area contributed by atoms with Crippen LogP contribution in [0, 0.1) is 6.92 Å². The molecule has 0 fully saturated rings. The summed E-state index contributed by atoms with van der Waals surface area (Å²) in [6.45, 7) is 3.45. The van der Waals surface area contributed by atoms with Gasteiger partial charge in [-0.05, 0) is 55.5 Å². The summed E-state index contributed by atoms with van der Waals surface area (Å²) in [7, 11) is -2.54. The van der Waals surface area contributed by atoms with Crippen molar-refractivity contribution >= 4 is 56.8 Å². The molecule has 2 heterocycles. The lowest BCUT2D eigenvalue weighted by Gasteiger charge is -2.06. The summed E-state index contributed by atoms with van der Waals surface area (Å²) in [6.07, 6.45) is 3.61. The number of aromatic nitrogens is 1. The Hall–Kier alpha value is -3.44. The van der Waals surface area contributed by atoms with Gasteiger partial charge in [0.2, 0.25) is 5.91 Å². The van der Waals surface area contributed by atoms with Gasteiger partial charge in [0, 0.05) is 17.0 Å². The van der Waals surface area contributed by atoms with Crippen LogP contribution in [0.1, 0.15) is 40.0 Å². The number of ether oxygens (including phenoxy) is 1. The molecule has 2 aromatic heterocycles. The van der Waals surface area contributed by atoms with Gasteiger partial charge in [0.15, 0.2) is 5.76 Å². The zero-order valence-corrected chi connectivity index (χ0v) is 19.2. The molecule has 9 nitrogen and oxygen atoms in total. The second kappa shape index (κ2) is 9.79. The summed E-state index contributed by atoms with van der Waals surface area (Å²) in [4.78, 5) is 23.8. The number of hydrogen-bond donors (Lipinski definition) is 2. The highest BCUT2D eigenvalue weighted by atomic mass is 32.2. The average Bonchev–Trinajstić information content (AvgIpc) is 3.39. The molecular weight excluding hydrogens is 454 g/mol. The van der Waals surface area contributed by atoms with Crippen molar-refractivity contribution in [3.8, 4) is 0 Å². The predicted molar refractivity (Wildman–Crippen MR) is 122 cm³/mol. The van der Waals surface area contributed by atoms with Crippen molar-refractivity contribution in [3.05, 3.63) is 58.3 Å². The summed E-state index contributed by atoms with van der Waals surface area (Å²) < 4.78 is 37.8. The quantitative estimate of drug-likeness (QED) is 0.468. The molecule has 0 saturated heterocycles. The molecule has 168 valence electrons. The molecule has 0 spiro atoms. The van der Waals surface area contributed by atoms with Crippen LogP contribution in [0.5, 0.6) is 0 Å². The minimum absolute atomic E-state index is 0.113. The van der Waals surface area contributed by atoms with Gasteiger partial charge in [-0.2, -0.15) is 0 Å². The number of thiophene rings is 1. The number of sulfonamides is 1. The van der Waals surface area contributed by atoms with Crippen LogP contribution >= 0.6 is 11.3 Å². The molecule has 3 rings (SSSR count). The Morgan fingerprint density at radius 3 is 2.53 bits per heavy atom. The zero-order valence-electron chi connectivity index (χ0n) is 17.5. The average molecular weight is 476 g/mol. The Kier molecular flexibility index (Phi) is 7.11. The molecule has 1 aromatic carbocycles. The van der Waals surface area contributed by atoms with E-state index in [-0.39, 0.29) is 10.1 Å². The first-order valence-electron chi connectivity index (χ1n) is 9.48. The number of aryl methyl sites for hydroxylation is 1. The van der Waals surface area contributed by atoms with Gasteiger partial charge in [-0.1, -0.05) is 12.1 Å². The standard InChI is InChI=1S/C21H21N3O6S2/c1-4-18(25)22-20-13(2)23-30-17(20)11-9-16-10-12-19(31-16)32(27,28)24-15-7-5-14(6-8-15)21(26)29-3/h5-12,24H,4H2,1-3H3,(H,22,25). The highest BCUT2D eigenvalue weighted by molar-refractivity contribution is 7.94. The van der Waals surface area contributed by atoms with Crippen molar-refractivity contribution in [1.29, 1.82) is 0 Å². The van der Waals surface area contributed by atoms with Crippen LogP contribution in [0.2, 0.25) is 0 Å². The van der Waals surface area contributed by atoms with Crippen LogP contribution in [-0.2, 0) is 19.6 Å². The second-order valence-corrected chi connectivity index (χ2v) is 9.60. The molecule has 0 aliphatic heterocycles. The van der Waals surface area contributed by atoms with Gasteiger partial charge in [0.1, 0.15) is 15.6 Å². The highest BCUT2D eigenvalue weighted by Crippen LogP contribution is 2.27. The first kappa shape index (κ1) is 23.2. The molecule has 0 bridgehead atoms. The van der Waals surface area contributed by atoms with Gasteiger partial charge >= 0.3 is 5.97 Å². The molecule has 2 N–H and O–H groups in total. The fraction of sp³-hybridized carbons (Fsp3) is 0.190. The number of amides is 1. The Morgan fingerprint density at radius 1 is 1.16 bits per heavy atom. The van der Waals surface area contributed by atoms with Crippen molar-refractivity contribution in [2.75, 3.05) is 17.1 Å². The summed E-state index contributed by atoms with van der Waals surface area (Å²) in [5.74, 6) is -0.305. The van der Waals surface area contributed by atoms with Crippen LogP contribution in [0.3, 0.4) is 0 Å². The molecule has 0 aliphatic carbocycles. The number of anilines is 2. The highest BCUT2D eigenvalue weighted by Gasteiger charge is 2.18. The van der Waals surface area contributed by atoms with Crippen LogP contribution in [0.4, 0.5) is 11.4 Å². The molecule has 11 heteroatoms. The SMILES string of the molecule is CCC(=O)Nc1c(C)noc1C=Cc1ccc(S(=O)(=O)Nc2ccc(C(=O)OC)cc2)s1. The third-order valence-corrected chi connectivity index (χ3v) is 7.22. The first-order chi connectivity index (χ1) is 15.2. The van der Waals surface area contributed by atoms with Crippen molar-refractivity contribution in [2.45, 2.75) is 24.5 Å². The Balaban J connectivity index is 1.74. The summed E-state index contributed by atoms with van der Waals surface area (Å²) in [5.41, 5.74) is 1.66. The Labute approximate surface area is 189 Å². The van der Waals surface area contributed by atoms with Crippen LogP contribution in [0.25, 0.3) is 12.2 Å². The van der Waals surface area contributed by atoms with Gasteiger partial charge in [-0.25, -0.2) is 13.2 Å². The third kappa shape index (κ3) is 5.42. The van der Waals surface area contributed by atoms with Gasteiger partial charge in [0.25, 0.3) is 10.0 Å². The minimum Gasteiger partial charge on any atom is -0.465 e. The number of hydrogen-bond acceptors (Lipinski definition) is 8. The van der Waals surface area contributed by atoms with Crippen molar-refractivity contribution in [1.82, 2.24) is 5.16 Å². The summed E-state index contributed by atoms with van der Waals surface area (Å²) in [5, 5.41) is 6.60. The van der Waals surface area contributed by atoms with Crippen LogP contribution < -0.4 is 10.0 Å².